The molecule has 10 heteroatoms. The van der Waals surface area contributed by atoms with Crippen LogP contribution in [0.25, 0.3) is 0 Å². The summed E-state index contributed by atoms with van der Waals surface area (Å²) in [6, 6.07) is 15.6. The topological polar surface area (TPSA) is 79.8 Å². The van der Waals surface area contributed by atoms with E-state index < -0.39 is 0 Å². The number of anilines is 3. The molecular weight excluding hydrogens is 457 g/mol. The fourth-order valence-corrected chi connectivity index (χ4v) is 4.27. The minimum absolute atomic E-state index is 0.153. The van der Waals surface area contributed by atoms with Gasteiger partial charge in [-0.2, -0.15) is 0 Å². The molecule has 1 aliphatic heterocycles. The van der Waals surface area contributed by atoms with Crippen LogP contribution in [-0.4, -0.2) is 62.3 Å². The predicted molar refractivity (Wildman–Crippen MR) is 132 cm³/mol. The SMILES string of the molecule is COc1ccc(NC(=O)CSc2ccc(N3CCN(c4ccc(F)cc4)CC3)nn2)cc1OC. The monoisotopic (exact) mass is 483 g/mol. The molecule has 4 rings (SSSR count). The maximum atomic E-state index is 13.1. The lowest BCUT2D eigenvalue weighted by atomic mass is 10.2. The number of rotatable bonds is 8. The molecule has 0 spiro atoms. The number of hydrogen-bond acceptors (Lipinski definition) is 8. The number of ether oxygens (including phenoxy) is 2. The van der Waals surface area contributed by atoms with E-state index >= 15 is 0 Å². The van der Waals surface area contributed by atoms with Crippen LogP contribution < -0.4 is 24.6 Å². The van der Waals surface area contributed by atoms with Crippen molar-refractivity contribution in [1.29, 1.82) is 0 Å². The Morgan fingerprint density at radius 1 is 0.941 bits per heavy atom. The number of piperazine rings is 1. The summed E-state index contributed by atoms with van der Waals surface area (Å²) < 4.78 is 23.6. The van der Waals surface area contributed by atoms with Crippen molar-refractivity contribution < 1.29 is 18.7 Å². The summed E-state index contributed by atoms with van der Waals surface area (Å²) in [6.45, 7) is 3.23. The lowest BCUT2D eigenvalue weighted by Gasteiger charge is -2.36. The van der Waals surface area contributed by atoms with Crippen molar-refractivity contribution >= 4 is 34.9 Å². The highest BCUT2D eigenvalue weighted by atomic mass is 32.2. The summed E-state index contributed by atoms with van der Waals surface area (Å²) in [7, 11) is 3.11. The highest BCUT2D eigenvalue weighted by Crippen LogP contribution is 2.30. The predicted octanol–water partition coefficient (Wildman–Crippen LogP) is 3.69. The maximum Gasteiger partial charge on any atom is 0.234 e. The fourth-order valence-electron chi connectivity index (χ4n) is 3.65. The van der Waals surface area contributed by atoms with Gasteiger partial charge in [0, 0.05) is 43.6 Å². The molecule has 1 saturated heterocycles. The number of carbonyl (C=O) groups is 1. The molecule has 0 atom stereocenters. The highest BCUT2D eigenvalue weighted by Gasteiger charge is 2.19. The van der Waals surface area contributed by atoms with Crippen LogP contribution >= 0.6 is 11.8 Å². The van der Waals surface area contributed by atoms with E-state index in [0.717, 1.165) is 37.7 Å². The molecule has 0 bridgehead atoms. The van der Waals surface area contributed by atoms with Gasteiger partial charge in [0.05, 0.1) is 20.0 Å². The quantitative estimate of drug-likeness (QED) is 0.486. The van der Waals surface area contributed by atoms with Gasteiger partial charge in [0.2, 0.25) is 5.91 Å². The van der Waals surface area contributed by atoms with E-state index in [1.165, 1.54) is 23.9 Å². The van der Waals surface area contributed by atoms with E-state index in [0.29, 0.717) is 22.2 Å². The highest BCUT2D eigenvalue weighted by molar-refractivity contribution is 7.99. The van der Waals surface area contributed by atoms with E-state index in [1.807, 2.05) is 12.1 Å². The van der Waals surface area contributed by atoms with Crippen molar-refractivity contribution in [3.63, 3.8) is 0 Å². The van der Waals surface area contributed by atoms with Crippen molar-refractivity contribution in [3.8, 4) is 11.5 Å². The van der Waals surface area contributed by atoms with Gasteiger partial charge in [-0.05, 0) is 48.5 Å². The Morgan fingerprint density at radius 3 is 2.29 bits per heavy atom. The summed E-state index contributed by atoms with van der Waals surface area (Å²) in [4.78, 5) is 16.7. The molecule has 2 heterocycles. The summed E-state index contributed by atoms with van der Waals surface area (Å²) in [5.41, 5.74) is 1.65. The zero-order valence-electron chi connectivity index (χ0n) is 19.0. The molecule has 0 unspecified atom stereocenters. The van der Waals surface area contributed by atoms with Gasteiger partial charge in [-0.25, -0.2) is 4.39 Å². The van der Waals surface area contributed by atoms with Gasteiger partial charge in [0.1, 0.15) is 10.8 Å². The molecule has 1 N–H and O–H groups in total. The van der Waals surface area contributed by atoms with E-state index in [2.05, 4.69) is 25.3 Å². The van der Waals surface area contributed by atoms with Crippen LogP contribution in [0.15, 0.2) is 59.6 Å². The van der Waals surface area contributed by atoms with Crippen LogP contribution in [0.3, 0.4) is 0 Å². The number of aromatic nitrogens is 2. The number of benzene rings is 2. The molecule has 178 valence electrons. The molecule has 0 aliphatic carbocycles. The Bertz CT molecular complexity index is 1110. The third-order valence-electron chi connectivity index (χ3n) is 5.44. The zero-order valence-corrected chi connectivity index (χ0v) is 19.8. The number of nitrogens with zero attached hydrogens (tertiary/aromatic N) is 4. The van der Waals surface area contributed by atoms with E-state index in [4.69, 9.17) is 9.47 Å². The molecule has 1 aliphatic rings. The Labute approximate surface area is 202 Å². The van der Waals surface area contributed by atoms with Gasteiger partial charge in [-0.15, -0.1) is 10.2 Å². The second kappa shape index (κ2) is 11.1. The van der Waals surface area contributed by atoms with Gasteiger partial charge in [-0.3, -0.25) is 4.79 Å². The van der Waals surface area contributed by atoms with Crippen molar-refractivity contribution in [2.24, 2.45) is 0 Å². The molecule has 1 aromatic heterocycles. The van der Waals surface area contributed by atoms with Gasteiger partial charge < -0.3 is 24.6 Å². The number of thioether (sulfide) groups is 1. The van der Waals surface area contributed by atoms with Crippen molar-refractivity contribution in [3.05, 3.63) is 60.4 Å². The number of carbonyl (C=O) groups excluding carboxylic acids is 1. The smallest absolute Gasteiger partial charge is 0.234 e. The Morgan fingerprint density at radius 2 is 1.65 bits per heavy atom. The number of halogens is 1. The van der Waals surface area contributed by atoms with Crippen LogP contribution in [0.1, 0.15) is 0 Å². The number of amides is 1. The lowest BCUT2D eigenvalue weighted by molar-refractivity contribution is -0.113. The number of methoxy groups -OCH3 is 2. The van der Waals surface area contributed by atoms with Crippen LogP contribution in [0.2, 0.25) is 0 Å². The fraction of sp³-hybridized carbons (Fsp3) is 0.292. The molecule has 1 fully saturated rings. The summed E-state index contributed by atoms with van der Waals surface area (Å²) in [5, 5.41) is 12.1. The molecule has 2 aromatic carbocycles. The van der Waals surface area contributed by atoms with E-state index in [9.17, 15) is 9.18 Å². The van der Waals surface area contributed by atoms with Gasteiger partial charge in [0.25, 0.3) is 0 Å². The first kappa shape index (κ1) is 23.6. The zero-order chi connectivity index (χ0) is 23.9. The Hall–Kier alpha value is -3.53. The average Bonchev–Trinajstić information content (AvgIpc) is 2.88. The van der Waals surface area contributed by atoms with Crippen LogP contribution in [0.4, 0.5) is 21.6 Å². The second-order valence-electron chi connectivity index (χ2n) is 7.59. The minimum Gasteiger partial charge on any atom is -0.493 e. The standard InChI is InChI=1S/C24H26FN5O3S/c1-32-20-8-5-18(15-21(20)33-2)26-23(31)16-34-24-10-9-22(27-28-24)30-13-11-29(12-14-30)19-6-3-17(25)4-7-19/h3-10,15H,11-14,16H2,1-2H3,(H,26,31). The van der Waals surface area contributed by atoms with Gasteiger partial charge in [0.15, 0.2) is 17.3 Å². The summed E-state index contributed by atoms with van der Waals surface area (Å²) in [6.07, 6.45) is 0. The largest absolute Gasteiger partial charge is 0.493 e. The molecule has 0 saturated carbocycles. The molecule has 0 radical (unpaired) electrons. The maximum absolute atomic E-state index is 13.1. The third-order valence-corrected chi connectivity index (χ3v) is 6.36. The number of hydrogen-bond donors (Lipinski definition) is 1. The average molecular weight is 484 g/mol. The van der Waals surface area contributed by atoms with Crippen LogP contribution in [0.5, 0.6) is 11.5 Å². The van der Waals surface area contributed by atoms with Crippen LogP contribution in [0, 0.1) is 5.82 Å². The van der Waals surface area contributed by atoms with E-state index in [1.54, 1.807) is 44.6 Å². The first-order chi connectivity index (χ1) is 16.6. The Kier molecular flexibility index (Phi) is 7.69. The van der Waals surface area contributed by atoms with Crippen molar-refractivity contribution in [2.45, 2.75) is 5.03 Å². The summed E-state index contributed by atoms with van der Waals surface area (Å²) in [5.74, 6) is 1.78. The molecule has 34 heavy (non-hydrogen) atoms. The molecule has 8 nitrogen and oxygen atoms in total. The number of nitrogens with one attached hydrogen (secondary N) is 1. The van der Waals surface area contributed by atoms with Gasteiger partial charge in [-0.1, -0.05) is 11.8 Å². The first-order valence-corrected chi connectivity index (χ1v) is 11.8. The third kappa shape index (κ3) is 5.88. The first-order valence-electron chi connectivity index (χ1n) is 10.8. The van der Waals surface area contributed by atoms with Crippen molar-refractivity contribution in [1.82, 2.24) is 10.2 Å². The minimum atomic E-state index is -0.228. The van der Waals surface area contributed by atoms with E-state index in [-0.39, 0.29) is 17.5 Å². The van der Waals surface area contributed by atoms with Crippen molar-refractivity contribution in [2.75, 3.05) is 61.3 Å². The normalized spacial score (nSPS) is 13.5. The molecule has 1 amide bonds. The van der Waals surface area contributed by atoms with Crippen LogP contribution in [-0.2, 0) is 4.79 Å². The van der Waals surface area contributed by atoms with Gasteiger partial charge >= 0.3 is 0 Å². The lowest BCUT2D eigenvalue weighted by Crippen LogP contribution is -2.46. The summed E-state index contributed by atoms with van der Waals surface area (Å²) >= 11 is 1.32. The molecular formula is C24H26FN5O3S. The molecule has 3 aromatic rings. The second-order valence-corrected chi connectivity index (χ2v) is 8.58. The Balaban J connectivity index is 1.25.